The van der Waals surface area contributed by atoms with E-state index in [0.717, 1.165) is 5.56 Å². The summed E-state index contributed by atoms with van der Waals surface area (Å²) < 4.78 is 6.86. The second-order valence-electron chi connectivity index (χ2n) is 11.4. The second-order valence-corrected chi connectivity index (χ2v) is 11.4. The van der Waals surface area contributed by atoms with E-state index >= 15 is 0 Å². The summed E-state index contributed by atoms with van der Waals surface area (Å²) in [6.07, 6.45) is 2.69. The van der Waals surface area contributed by atoms with E-state index in [4.69, 9.17) is 4.74 Å². The zero-order valence-corrected chi connectivity index (χ0v) is 23.7. The van der Waals surface area contributed by atoms with Crippen LogP contribution in [0.15, 0.2) is 42.6 Å². The third kappa shape index (κ3) is 8.74. The lowest BCUT2D eigenvalue weighted by atomic mass is 9.93. The molecule has 0 radical (unpaired) electrons. The summed E-state index contributed by atoms with van der Waals surface area (Å²) in [4.78, 5) is 53.0. The fourth-order valence-corrected chi connectivity index (χ4v) is 4.40. The average molecular weight is 540 g/mol. The van der Waals surface area contributed by atoms with E-state index in [1.165, 1.54) is 4.68 Å². The molecule has 0 bridgehead atoms. The Morgan fingerprint density at radius 3 is 2.00 bits per heavy atom. The van der Waals surface area contributed by atoms with Crippen molar-refractivity contribution in [2.24, 2.45) is 18.9 Å². The van der Waals surface area contributed by atoms with Crippen LogP contribution in [-0.2, 0) is 32.6 Å². The van der Waals surface area contributed by atoms with Crippen molar-refractivity contribution in [1.29, 1.82) is 0 Å². The SMILES string of the molecule is CC(C)C[C@H](NC(=O)c1ccn(C)n1)C(=O)N[C@@H](Cc1ccccc1)C(=O)N[C@@H](CC(C)C)C(=O)[C@@]1(C)CO1. The molecule has 1 saturated heterocycles. The smallest absolute Gasteiger partial charge is 0.272 e. The van der Waals surface area contributed by atoms with E-state index in [-0.39, 0.29) is 29.7 Å². The highest BCUT2D eigenvalue weighted by atomic mass is 16.6. The van der Waals surface area contributed by atoms with Crippen LogP contribution in [0, 0.1) is 11.8 Å². The van der Waals surface area contributed by atoms with Crippen molar-refractivity contribution in [2.75, 3.05) is 6.61 Å². The van der Waals surface area contributed by atoms with Gasteiger partial charge in [-0.2, -0.15) is 5.10 Å². The van der Waals surface area contributed by atoms with Crippen LogP contribution in [0.5, 0.6) is 0 Å². The van der Waals surface area contributed by atoms with Gasteiger partial charge in [0.2, 0.25) is 11.8 Å². The molecule has 212 valence electrons. The summed E-state index contributed by atoms with van der Waals surface area (Å²) in [5.41, 5.74) is 0.159. The maximum Gasteiger partial charge on any atom is 0.272 e. The van der Waals surface area contributed by atoms with Crippen LogP contribution in [0.2, 0.25) is 0 Å². The number of aryl methyl sites for hydroxylation is 1. The van der Waals surface area contributed by atoms with Crippen LogP contribution in [0.3, 0.4) is 0 Å². The first-order valence-electron chi connectivity index (χ1n) is 13.5. The van der Waals surface area contributed by atoms with E-state index in [9.17, 15) is 19.2 Å². The van der Waals surface area contributed by atoms with Gasteiger partial charge in [0.25, 0.3) is 5.91 Å². The third-order valence-corrected chi connectivity index (χ3v) is 6.63. The van der Waals surface area contributed by atoms with Crippen molar-refractivity contribution in [3.05, 3.63) is 53.9 Å². The number of benzene rings is 1. The first-order chi connectivity index (χ1) is 18.4. The van der Waals surface area contributed by atoms with Gasteiger partial charge in [0.05, 0.1) is 12.6 Å². The molecular formula is C29H41N5O5. The first-order valence-corrected chi connectivity index (χ1v) is 13.5. The summed E-state index contributed by atoms with van der Waals surface area (Å²) in [5, 5.41) is 12.6. The maximum absolute atomic E-state index is 13.6. The molecule has 3 N–H and O–H groups in total. The predicted molar refractivity (Wildman–Crippen MR) is 147 cm³/mol. The number of hydrogen-bond acceptors (Lipinski definition) is 6. The monoisotopic (exact) mass is 539 g/mol. The molecule has 4 atom stereocenters. The highest BCUT2D eigenvalue weighted by Crippen LogP contribution is 2.29. The van der Waals surface area contributed by atoms with E-state index in [1.807, 2.05) is 58.0 Å². The molecule has 2 heterocycles. The third-order valence-electron chi connectivity index (χ3n) is 6.63. The molecule has 1 aromatic heterocycles. The average Bonchev–Trinajstić information content (AvgIpc) is 3.47. The van der Waals surface area contributed by atoms with E-state index in [1.54, 1.807) is 26.2 Å². The number of hydrogen-bond donors (Lipinski definition) is 3. The highest BCUT2D eigenvalue weighted by molar-refractivity contribution is 5.99. The predicted octanol–water partition coefficient (Wildman–Crippen LogP) is 2.18. The van der Waals surface area contributed by atoms with Crippen LogP contribution in [-0.4, -0.2) is 63.6 Å². The quantitative estimate of drug-likeness (QED) is 0.315. The Hall–Kier alpha value is -3.53. The molecule has 1 aliphatic heterocycles. The van der Waals surface area contributed by atoms with Gasteiger partial charge in [0.1, 0.15) is 23.4 Å². The minimum absolute atomic E-state index is 0.0958. The Bertz CT molecular complexity index is 1160. The highest BCUT2D eigenvalue weighted by Gasteiger charge is 2.50. The Morgan fingerprint density at radius 2 is 1.46 bits per heavy atom. The van der Waals surface area contributed by atoms with Crippen molar-refractivity contribution in [2.45, 2.75) is 77.6 Å². The summed E-state index contributed by atoms with van der Waals surface area (Å²) in [7, 11) is 1.70. The number of nitrogens with one attached hydrogen (secondary N) is 3. The fraction of sp³-hybridized carbons (Fsp3) is 0.552. The normalized spacial score (nSPS) is 18.8. The van der Waals surface area contributed by atoms with Gasteiger partial charge >= 0.3 is 0 Å². The molecule has 0 saturated carbocycles. The zero-order chi connectivity index (χ0) is 28.7. The van der Waals surface area contributed by atoms with Crippen molar-refractivity contribution < 1.29 is 23.9 Å². The Labute approximate surface area is 230 Å². The number of nitrogens with zero attached hydrogens (tertiary/aromatic N) is 2. The minimum Gasteiger partial charge on any atom is -0.361 e. The molecule has 1 fully saturated rings. The summed E-state index contributed by atoms with van der Waals surface area (Å²) >= 11 is 0. The number of ether oxygens (including phenoxy) is 1. The van der Waals surface area contributed by atoms with Crippen molar-refractivity contribution in [3.8, 4) is 0 Å². The second kappa shape index (κ2) is 13.0. The molecule has 0 spiro atoms. The van der Waals surface area contributed by atoms with Gasteiger partial charge in [-0.3, -0.25) is 23.9 Å². The van der Waals surface area contributed by atoms with Crippen LogP contribution < -0.4 is 16.0 Å². The van der Waals surface area contributed by atoms with Gasteiger partial charge < -0.3 is 20.7 Å². The Kier molecular flexibility index (Phi) is 10.0. The lowest BCUT2D eigenvalue weighted by Crippen LogP contribution is -2.57. The van der Waals surface area contributed by atoms with Crippen LogP contribution in [0.4, 0.5) is 0 Å². The number of carbonyl (C=O) groups excluding carboxylic acids is 4. The summed E-state index contributed by atoms with van der Waals surface area (Å²) in [5.74, 6) is -1.34. The van der Waals surface area contributed by atoms with Crippen LogP contribution in [0.1, 0.15) is 63.5 Å². The van der Waals surface area contributed by atoms with Gasteiger partial charge in [-0.25, -0.2) is 0 Å². The molecule has 3 rings (SSSR count). The van der Waals surface area contributed by atoms with Crippen molar-refractivity contribution in [3.63, 3.8) is 0 Å². The van der Waals surface area contributed by atoms with Gasteiger partial charge in [-0.15, -0.1) is 0 Å². The largest absolute Gasteiger partial charge is 0.361 e. The Balaban J connectivity index is 1.80. The minimum atomic E-state index is -0.961. The fourth-order valence-electron chi connectivity index (χ4n) is 4.40. The molecule has 3 amide bonds. The number of Topliss-reactive ketones (excluding diaryl/α,β-unsaturated/α-hetero) is 1. The first kappa shape index (κ1) is 30.0. The standard InChI is InChI=1S/C29H41N5O5/c1-18(2)14-22(25(35)29(5)17-39-29)30-28(38)24(16-20-10-8-7-9-11-20)32-27(37)23(15-19(3)4)31-26(36)21-12-13-34(6)33-21/h7-13,18-19,22-24H,14-17H2,1-6H3,(H,30,38)(H,31,36)(H,32,37)/t22-,23-,24-,29+/m0/s1. The molecular weight excluding hydrogens is 498 g/mol. The molecule has 1 aliphatic rings. The molecule has 0 unspecified atom stereocenters. The van der Waals surface area contributed by atoms with Crippen molar-refractivity contribution in [1.82, 2.24) is 25.7 Å². The molecule has 1 aromatic carbocycles. The summed E-state index contributed by atoms with van der Waals surface area (Å²) in [6.45, 7) is 9.90. The number of rotatable bonds is 14. The van der Waals surface area contributed by atoms with Crippen LogP contribution in [0.25, 0.3) is 0 Å². The number of amides is 3. The van der Waals surface area contributed by atoms with Gasteiger partial charge in [-0.05, 0) is 43.2 Å². The number of aromatic nitrogens is 2. The number of epoxide rings is 1. The van der Waals surface area contributed by atoms with Crippen molar-refractivity contribution >= 4 is 23.5 Å². The molecule has 2 aromatic rings. The topological polar surface area (TPSA) is 135 Å². The van der Waals surface area contributed by atoms with Gasteiger partial charge in [-0.1, -0.05) is 58.0 Å². The van der Waals surface area contributed by atoms with E-state index in [0.29, 0.717) is 19.4 Å². The van der Waals surface area contributed by atoms with Gasteiger partial charge in [0, 0.05) is 19.7 Å². The van der Waals surface area contributed by atoms with Crippen LogP contribution >= 0.6 is 0 Å². The molecule has 10 heteroatoms. The zero-order valence-electron chi connectivity index (χ0n) is 23.7. The molecule has 0 aliphatic carbocycles. The Morgan fingerprint density at radius 1 is 0.897 bits per heavy atom. The molecule has 39 heavy (non-hydrogen) atoms. The maximum atomic E-state index is 13.6. The molecule has 10 nitrogen and oxygen atoms in total. The van der Waals surface area contributed by atoms with E-state index < -0.39 is 41.4 Å². The van der Waals surface area contributed by atoms with Gasteiger partial charge in [0.15, 0.2) is 5.78 Å². The number of carbonyl (C=O) groups is 4. The lowest BCUT2D eigenvalue weighted by molar-refractivity contribution is -0.133. The lowest BCUT2D eigenvalue weighted by Gasteiger charge is -2.27. The van der Waals surface area contributed by atoms with E-state index in [2.05, 4.69) is 21.0 Å². The number of ketones is 1. The summed E-state index contributed by atoms with van der Waals surface area (Å²) in [6, 6.07) is 8.32.